The third kappa shape index (κ3) is 2.73. The second-order valence-electron chi connectivity index (χ2n) is 2.22. The van der Waals surface area contributed by atoms with Crippen LogP contribution in [0.5, 0.6) is 0 Å². The van der Waals surface area contributed by atoms with Gasteiger partial charge in [0, 0.05) is 23.3 Å². The zero-order chi connectivity index (χ0) is 8.10. The number of terminal acetylenes is 1. The van der Waals surface area contributed by atoms with E-state index < -0.39 is 0 Å². The second kappa shape index (κ2) is 4.15. The maximum Gasteiger partial charge on any atom is 0.0410 e. The molecule has 1 aromatic rings. The van der Waals surface area contributed by atoms with Gasteiger partial charge in [-0.05, 0) is 34.0 Å². The van der Waals surface area contributed by atoms with Gasteiger partial charge in [0.05, 0.1) is 0 Å². The van der Waals surface area contributed by atoms with Crippen molar-refractivity contribution < 1.29 is 0 Å². The SMILES string of the molecule is C#CCCc1cncc(Br)c1. The van der Waals surface area contributed by atoms with Gasteiger partial charge in [0.1, 0.15) is 0 Å². The first-order chi connectivity index (χ1) is 5.33. The standard InChI is InChI=1S/C9H8BrN/c1-2-3-4-8-5-9(10)7-11-6-8/h1,5-7H,3-4H2. The third-order valence-corrected chi connectivity index (χ3v) is 1.75. The van der Waals surface area contributed by atoms with Crippen molar-refractivity contribution in [1.29, 1.82) is 0 Å². The summed E-state index contributed by atoms with van der Waals surface area (Å²) in [6.07, 6.45) is 10.4. The zero-order valence-corrected chi connectivity index (χ0v) is 7.63. The van der Waals surface area contributed by atoms with E-state index >= 15 is 0 Å². The molecule has 0 aliphatic carbocycles. The average molecular weight is 210 g/mol. The number of pyridine rings is 1. The van der Waals surface area contributed by atoms with Gasteiger partial charge in [0.2, 0.25) is 0 Å². The Morgan fingerprint density at radius 2 is 2.36 bits per heavy atom. The van der Waals surface area contributed by atoms with Crippen LogP contribution in [-0.4, -0.2) is 4.98 Å². The van der Waals surface area contributed by atoms with Gasteiger partial charge in [0.15, 0.2) is 0 Å². The van der Waals surface area contributed by atoms with Crippen LogP contribution >= 0.6 is 15.9 Å². The molecule has 0 amide bonds. The molecule has 0 atom stereocenters. The van der Waals surface area contributed by atoms with E-state index in [1.807, 2.05) is 12.3 Å². The fourth-order valence-electron chi connectivity index (χ4n) is 0.809. The maximum atomic E-state index is 5.13. The molecule has 1 heterocycles. The number of halogens is 1. The average Bonchev–Trinajstić information content (AvgIpc) is 2.01. The number of nitrogens with zero attached hydrogens (tertiary/aromatic N) is 1. The summed E-state index contributed by atoms with van der Waals surface area (Å²) in [6, 6.07) is 2.03. The zero-order valence-electron chi connectivity index (χ0n) is 6.05. The molecule has 0 saturated carbocycles. The molecule has 0 spiro atoms. The molecular formula is C9H8BrN. The van der Waals surface area contributed by atoms with E-state index in [9.17, 15) is 0 Å². The Hall–Kier alpha value is -0.810. The van der Waals surface area contributed by atoms with Crippen LogP contribution in [0.3, 0.4) is 0 Å². The molecule has 0 saturated heterocycles. The number of aromatic nitrogens is 1. The van der Waals surface area contributed by atoms with Crippen LogP contribution in [0.2, 0.25) is 0 Å². The Labute approximate surface area is 75.0 Å². The highest BCUT2D eigenvalue weighted by Gasteiger charge is 1.92. The highest BCUT2D eigenvalue weighted by atomic mass is 79.9. The molecule has 0 fully saturated rings. The molecule has 0 unspecified atom stereocenters. The van der Waals surface area contributed by atoms with Crippen molar-refractivity contribution in [2.24, 2.45) is 0 Å². The fraction of sp³-hybridized carbons (Fsp3) is 0.222. The molecule has 0 bridgehead atoms. The van der Waals surface area contributed by atoms with E-state index in [0.29, 0.717) is 0 Å². The van der Waals surface area contributed by atoms with Crippen molar-refractivity contribution >= 4 is 15.9 Å². The molecule has 1 aromatic heterocycles. The van der Waals surface area contributed by atoms with Crippen LogP contribution in [0, 0.1) is 12.3 Å². The number of hydrogen-bond donors (Lipinski definition) is 0. The van der Waals surface area contributed by atoms with Crippen molar-refractivity contribution in [1.82, 2.24) is 4.98 Å². The smallest absolute Gasteiger partial charge is 0.0410 e. The molecule has 1 nitrogen and oxygen atoms in total. The van der Waals surface area contributed by atoms with Crippen LogP contribution in [0.25, 0.3) is 0 Å². The molecule has 0 N–H and O–H groups in total. The largest absolute Gasteiger partial charge is 0.263 e. The van der Waals surface area contributed by atoms with Crippen LogP contribution in [0.15, 0.2) is 22.9 Å². The first-order valence-corrected chi connectivity index (χ1v) is 4.15. The molecule has 2 heteroatoms. The quantitative estimate of drug-likeness (QED) is 0.683. The van der Waals surface area contributed by atoms with E-state index in [1.165, 1.54) is 5.56 Å². The number of hydrogen-bond acceptors (Lipinski definition) is 1. The summed E-state index contributed by atoms with van der Waals surface area (Å²) in [5, 5.41) is 0. The Morgan fingerprint density at radius 3 is 3.00 bits per heavy atom. The van der Waals surface area contributed by atoms with Crippen molar-refractivity contribution in [3.8, 4) is 12.3 Å². The highest BCUT2D eigenvalue weighted by Crippen LogP contribution is 2.10. The Morgan fingerprint density at radius 1 is 1.55 bits per heavy atom. The normalized spacial score (nSPS) is 9.09. The van der Waals surface area contributed by atoms with E-state index in [2.05, 4.69) is 26.8 Å². The van der Waals surface area contributed by atoms with E-state index in [1.54, 1.807) is 6.20 Å². The first kappa shape index (κ1) is 8.29. The molecule has 56 valence electrons. The van der Waals surface area contributed by atoms with Gasteiger partial charge < -0.3 is 0 Å². The lowest BCUT2D eigenvalue weighted by Gasteiger charge is -1.96. The van der Waals surface area contributed by atoms with Gasteiger partial charge in [-0.1, -0.05) is 0 Å². The number of rotatable bonds is 2. The minimum Gasteiger partial charge on any atom is -0.263 e. The summed E-state index contributed by atoms with van der Waals surface area (Å²) >= 11 is 3.34. The minimum absolute atomic E-state index is 0.776. The molecule has 0 radical (unpaired) electrons. The molecule has 1 rings (SSSR count). The summed E-state index contributed by atoms with van der Waals surface area (Å²) in [6.45, 7) is 0. The Bertz CT molecular complexity index is 275. The predicted molar refractivity (Wildman–Crippen MR) is 49.1 cm³/mol. The molecule has 0 aliphatic heterocycles. The van der Waals surface area contributed by atoms with Crippen molar-refractivity contribution in [2.45, 2.75) is 12.8 Å². The molecule has 11 heavy (non-hydrogen) atoms. The summed E-state index contributed by atoms with van der Waals surface area (Å²) in [4.78, 5) is 4.02. The van der Waals surface area contributed by atoms with E-state index in [0.717, 1.165) is 17.3 Å². The Balaban J connectivity index is 2.65. The summed E-state index contributed by atoms with van der Waals surface area (Å²) in [5.74, 6) is 2.59. The summed E-state index contributed by atoms with van der Waals surface area (Å²) in [7, 11) is 0. The summed E-state index contributed by atoms with van der Waals surface area (Å²) in [5.41, 5.74) is 1.18. The second-order valence-corrected chi connectivity index (χ2v) is 3.13. The summed E-state index contributed by atoms with van der Waals surface area (Å²) < 4.78 is 1.01. The molecule has 0 aliphatic rings. The molecular weight excluding hydrogens is 202 g/mol. The fourth-order valence-corrected chi connectivity index (χ4v) is 1.22. The first-order valence-electron chi connectivity index (χ1n) is 3.36. The van der Waals surface area contributed by atoms with Gasteiger partial charge in [-0.2, -0.15) is 0 Å². The van der Waals surface area contributed by atoms with Crippen molar-refractivity contribution in [2.75, 3.05) is 0 Å². The highest BCUT2D eigenvalue weighted by molar-refractivity contribution is 9.10. The number of aryl methyl sites for hydroxylation is 1. The third-order valence-electron chi connectivity index (χ3n) is 1.32. The van der Waals surface area contributed by atoms with Crippen molar-refractivity contribution in [3.63, 3.8) is 0 Å². The molecule has 0 aromatic carbocycles. The van der Waals surface area contributed by atoms with Gasteiger partial charge >= 0.3 is 0 Å². The maximum absolute atomic E-state index is 5.13. The minimum atomic E-state index is 0.776. The lowest BCUT2D eigenvalue weighted by atomic mass is 10.2. The van der Waals surface area contributed by atoms with Crippen LogP contribution in [-0.2, 0) is 6.42 Å². The van der Waals surface area contributed by atoms with Gasteiger partial charge in [-0.15, -0.1) is 12.3 Å². The van der Waals surface area contributed by atoms with Gasteiger partial charge in [-0.25, -0.2) is 0 Å². The van der Waals surface area contributed by atoms with E-state index in [-0.39, 0.29) is 0 Å². The lowest BCUT2D eigenvalue weighted by molar-refractivity contribution is 1.01. The van der Waals surface area contributed by atoms with Crippen molar-refractivity contribution in [3.05, 3.63) is 28.5 Å². The monoisotopic (exact) mass is 209 g/mol. The van der Waals surface area contributed by atoms with Crippen LogP contribution < -0.4 is 0 Å². The Kier molecular flexibility index (Phi) is 3.13. The van der Waals surface area contributed by atoms with Crippen LogP contribution in [0.1, 0.15) is 12.0 Å². The van der Waals surface area contributed by atoms with Gasteiger partial charge in [0.25, 0.3) is 0 Å². The van der Waals surface area contributed by atoms with E-state index in [4.69, 9.17) is 6.42 Å². The topological polar surface area (TPSA) is 12.9 Å². The predicted octanol–water partition coefficient (Wildman–Crippen LogP) is 2.41. The van der Waals surface area contributed by atoms with Crippen LogP contribution in [0.4, 0.5) is 0 Å². The lowest BCUT2D eigenvalue weighted by Crippen LogP contribution is -1.84. The van der Waals surface area contributed by atoms with Gasteiger partial charge in [-0.3, -0.25) is 4.98 Å².